The number of thiazole rings is 1. The number of carbonyl (C=O) groups is 1. The van der Waals surface area contributed by atoms with Gasteiger partial charge in [-0.05, 0) is 51.3 Å². The number of anilines is 1. The van der Waals surface area contributed by atoms with E-state index in [0.717, 1.165) is 27.7 Å². The van der Waals surface area contributed by atoms with E-state index in [2.05, 4.69) is 20.8 Å². The third-order valence-electron chi connectivity index (χ3n) is 4.44. The van der Waals surface area contributed by atoms with E-state index >= 15 is 0 Å². The Hall–Kier alpha value is -2.16. The minimum absolute atomic E-state index is 0.0609. The van der Waals surface area contributed by atoms with E-state index in [0.29, 0.717) is 28.7 Å². The second-order valence-electron chi connectivity index (χ2n) is 6.79. The first-order chi connectivity index (χ1) is 13.9. The summed E-state index contributed by atoms with van der Waals surface area (Å²) in [4.78, 5) is 21.9. The molecule has 0 aliphatic rings. The van der Waals surface area contributed by atoms with Crippen LogP contribution in [0.15, 0.2) is 40.9 Å². The Labute approximate surface area is 183 Å². The lowest BCUT2D eigenvalue weighted by molar-refractivity contribution is 0.0986. The predicted octanol–water partition coefficient (Wildman–Crippen LogP) is 4.67. The summed E-state index contributed by atoms with van der Waals surface area (Å²) in [6.07, 6.45) is 0.845. The number of carbonyl (C=O) groups excluding carboxylic acids is 1. The smallest absolute Gasteiger partial charge is 0.260 e. The van der Waals surface area contributed by atoms with Crippen molar-refractivity contribution in [2.75, 3.05) is 46.3 Å². The van der Waals surface area contributed by atoms with Crippen LogP contribution in [-0.2, 0) is 0 Å². The molecule has 1 heterocycles. The van der Waals surface area contributed by atoms with E-state index in [1.807, 2.05) is 50.5 Å². The minimum Gasteiger partial charge on any atom is -0.493 e. The number of nitrogens with zero attached hydrogens (tertiary/aromatic N) is 3. The Morgan fingerprint density at radius 2 is 1.72 bits per heavy atom. The molecule has 0 aliphatic carbocycles. The zero-order chi connectivity index (χ0) is 21.0. The maximum Gasteiger partial charge on any atom is 0.260 e. The summed E-state index contributed by atoms with van der Waals surface area (Å²) >= 11 is 4.90. The molecule has 0 saturated carbocycles. The van der Waals surface area contributed by atoms with Gasteiger partial charge in [0.05, 0.1) is 24.4 Å². The van der Waals surface area contributed by atoms with Crippen LogP contribution in [0.2, 0.25) is 0 Å². The lowest BCUT2D eigenvalue weighted by atomic mass is 10.2. The first-order valence-corrected chi connectivity index (χ1v) is 10.8. The number of amides is 1. The van der Waals surface area contributed by atoms with Gasteiger partial charge in [-0.15, -0.1) is 0 Å². The molecule has 3 aromatic rings. The Morgan fingerprint density at radius 3 is 2.34 bits per heavy atom. The third kappa shape index (κ3) is 5.07. The van der Waals surface area contributed by atoms with Crippen LogP contribution < -0.4 is 14.4 Å². The molecular weight excluding hydrogens is 454 g/mol. The second kappa shape index (κ2) is 9.56. The van der Waals surface area contributed by atoms with Crippen molar-refractivity contribution in [2.24, 2.45) is 0 Å². The van der Waals surface area contributed by atoms with Crippen molar-refractivity contribution in [2.45, 2.75) is 6.42 Å². The molecule has 0 saturated heterocycles. The number of methoxy groups -OCH3 is 2. The zero-order valence-corrected chi connectivity index (χ0v) is 19.3. The van der Waals surface area contributed by atoms with Gasteiger partial charge < -0.3 is 14.4 Å². The first-order valence-electron chi connectivity index (χ1n) is 9.17. The molecule has 3 rings (SSSR count). The van der Waals surface area contributed by atoms with Crippen LogP contribution in [0.3, 0.4) is 0 Å². The maximum absolute atomic E-state index is 13.3. The van der Waals surface area contributed by atoms with E-state index < -0.39 is 0 Å². The van der Waals surface area contributed by atoms with Crippen molar-refractivity contribution in [1.29, 1.82) is 0 Å². The Balaban J connectivity index is 1.98. The topological polar surface area (TPSA) is 54.9 Å². The molecule has 1 amide bonds. The van der Waals surface area contributed by atoms with Crippen LogP contribution in [0.1, 0.15) is 16.8 Å². The number of hydrogen-bond acceptors (Lipinski definition) is 6. The van der Waals surface area contributed by atoms with Crippen LogP contribution in [0.25, 0.3) is 10.2 Å². The third-order valence-corrected chi connectivity index (χ3v) is 6.01. The monoisotopic (exact) mass is 477 g/mol. The number of rotatable bonds is 8. The number of aromatic nitrogens is 1. The Morgan fingerprint density at radius 1 is 1.07 bits per heavy atom. The van der Waals surface area contributed by atoms with Crippen molar-refractivity contribution < 1.29 is 14.3 Å². The highest BCUT2D eigenvalue weighted by Crippen LogP contribution is 2.37. The summed E-state index contributed by atoms with van der Waals surface area (Å²) < 4.78 is 12.7. The SMILES string of the molecule is COc1cc2nc(N(CCCN(C)C)C(=O)c3ccc(Br)cc3)sc2cc1OC. The van der Waals surface area contributed by atoms with E-state index in [-0.39, 0.29) is 5.91 Å². The molecule has 29 heavy (non-hydrogen) atoms. The standard InChI is InChI=1S/C21H24BrN3O3S/c1-24(2)10-5-11-25(20(26)14-6-8-15(22)9-7-14)21-23-16-12-17(27-3)18(28-4)13-19(16)29-21/h6-9,12-13H,5,10-11H2,1-4H3. The van der Waals surface area contributed by atoms with Crippen molar-refractivity contribution >= 4 is 48.5 Å². The molecule has 2 aromatic carbocycles. The van der Waals surface area contributed by atoms with Gasteiger partial charge in [-0.25, -0.2) is 4.98 Å². The van der Waals surface area contributed by atoms with Gasteiger partial charge in [0, 0.05) is 28.7 Å². The van der Waals surface area contributed by atoms with E-state index in [4.69, 9.17) is 14.5 Å². The molecule has 0 N–H and O–H groups in total. The number of fused-ring (bicyclic) bond motifs is 1. The summed E-state index contributed by atoms with van der Waals surface area (Å²) in [6, 6.07) is 11.1. The van der Waals surface area contributed by atoms with E-state index in [1.165, 1.54) is 11.3 Å². The lowest BCUT2D eigenvalue weighted by Gasteiger charge is -2.21. The number of halogens is 1. The highest BCUT2D eigenvalue weighted by molar-refractivity contribution is 9.10. The van der Waals surface area contributed by atoms with Crippen LogP contribution >= 0.6 is 27.3 Å². The molecular formula is C21H24BrN3O3S. The molecule has 0 fully saturated rings. The summed E-state index contributed by atoms with van der Waals surface area (Å²) in [6.45, 7) is 1.47. The van der Waals surface area contributed by atoms with Gasteiger partial charge in [-0.3, -0.25) is 9.69 Å². The molecule has 6 nitrogen and oxygen atoms in total. The van der Waals surface area contributed by atoms with Gasteiger partial charge in [0.1, 0.15) is 0 Å². The molecule has 0 unspecified atom stereocenters. The molecule has 0 bridgehead atoms. The fourth-order valence-electron chi connectivity index (χ4n) is 2.94. The largest absolute Gasteiger partial charge is 0.493 e. The normalized spacial score (nSPS) is 11.1. The highest BCUT2D eigenvalue weighted by atomic mass is 79.9. The molecule has 0 spiro atoms. The molecule has 154 valence electrons. The van der Waals surface area contributed by atoms with Gasteiger partial charge in [-0.1, -0.05) is 27.3 Å². The van der Waals surface area contributed by atoms with Crippen molar-refractivity contribution in [3.63, 3.8) is 0 Å². The molecule has 8 heteroatoms. The molecule has 0 aliphatic heterocycles. The number of benzene rings is 2. The number of ether oxygens (including phenoxy) is 2. The molecule has 0 atom stereocenters. The van der Waals surface area contributed by atoms with Crippen molar-refractivity contribution in [3.8, 4) is 11.5 Å². The Bertz CT molecular complexity index is 948. The zero-order valence-electron chi connectivity index (χ0n) is 16.9. The van der Waals surface area contributed by atoms with Crippen LogP contribution in [0.4, 0.5) is 5.13 Å². The van der Waals surface area contributed by atoms with Gasteiger partial charge in [0.2, 0.25) is 0 Å². The van der Waals surface area contributed by atoms with Gasteiger partial charge >= 0.3 is 0 Å². The quantitative estimate of drug-likeness (QED) is 0.471. The van der Waals surface area contributed by atoms with E-state index in [9.17, 15) is 4.79 Å². The Kier molecular flexibility index (Phi) is 7.10. The van der Waals surface area contributed by atoms with Gasteiger partial charge in [-0.2, -0.15) is 0 Å². The molecule has 1 aromatic heterocycles. The summed E-state index contributed by atoms with van der Waals surface area (Å²) in [5.41, 5.74) is 1.41. The maximum atomic E-state index is 13.3. The predicted molar refractivity (Wildman–Crippen MR) is 122 cm³/mol. The fraction of sp³-hybridized carbons (Fsp3) is 0.333. The van der Waals surface area contributed by atoms with Crippen molar-refractivity contribution in [1.82, 2.24) is 9.88 Å². The van der Waals surface area contributed by atoms with Crippen LogP contribution in [-0.4, -0.2) is 57.2 Å². The lowest BCUT2D eigenvalue weighted by Crippen LogP contribution is -2.33. The fourth-order valence-corrected chi connectivity index (χ4v) is 4.20. The summed E-state index contributed by atoms with van der Waals surface area (Å²) in [5, 5.41) is 0.669. The first kappa shape index (κ1) is 21.5. The van der Waals surface area contributed by atoms with E-state index in [1.54, 1.807) is 19.1 Å². The average Bonchev–Trinajstić information content (AvgIpc) is 3.12. The second-order valence-corrected chi connectivity index (χ2v) is 8.72. The molecule has 0 radical (unpaired) electrons. The van der Waals surface area contributed by atoms with Gasteiger partial charge in [0.15, 0.2) is 16.6 Å². The highest BCUT2D eigenvalue weighted by Gasteiger charge is 2.22. The summed E-state index contributed by atoms with van der Waals surface area (Å²) in [5.74, 6) is 1.21. The van der Waals surface area contributed by atoms with Crippen LogP contribution in [0.5, 0.6) is 11.5 Å². The van der Waals surface area contributed by atoms with Gasteiger partial charge in [0.25, 0.3) is 5.91 Å². The van der Waals surface area contributed by atoms with Crippen LogP contribution in [0, 0.1) is 0 Å². The average molecular weight is 478 g/mol. The minimum atomic E-state index is -0.0609. The van der Waals surface area contributed by atoms with Crippen molar-refractivity contribution in [3.05, 3.63) is 46.4 Å². The summed E-state index contributed by atoms with van der Waals surface area (Å²) in [7, 11) is 7.26. The number of hydrogen-bond donors (Lipinski definition) is 0.